The van der Waals surface area contributed by atoms with Crippen molar-refractivity contribution in [2.24, 2.45) is 0 Å². The molecule has 3 aliphatic rings. The number of piperazine rings is 1. The molecule has 1 aliphatic carbocycles. The fourth-order valence-corrected chi connectivity index (χ4v) is 6.14. The number of rotatable bonds is 4. The predicted molar refractivity (Wildman–Crippen MR) is 159 cm³/mol. The first-order chi connectivity index (χ1) is 21.4. The quantitative estimate of drug-likeness (QED) is 0.303. The number of amides is 2. The van der Waals surface area contributed by atoms with Crippen LogP contribution >= 0.6 is 0 Å². The van der Waals surface area contributed by atoms with Crippen LogP contribution in [0.3, 0.4) is 0 Å². The van der Waals surface area contributed by atoms with Gasteiger partial charge in [-0.3, -0.25) is 14.7 Å². The van der Waals surface area contributed by atoms with Crippen molar-refractivity contribution >= 4 is 34.4 Å². The lowest BCUT2D eigenvalue weighted by molar-refractivity contribution is -0.192. The van der Waals surface area contributed by atoms with Crippen LogP contribution in [0.4, 0.5) is 18.9 Å². The summed E-state index contributed by atoms with van der Waals surface area (Å²) in [5.41, 5.74) is 5.91. The van der Waals surface area contributed by atoms with E-state index in [4.69, 9.17) is 14.6 Å². The van der Waals surface area contributed by atoms with Crippen LogP contribution in [0.5, 0.6) is 5.75 Å². The smallest absolute Gasteiger partial charge is 0.490 e. The fraction of sp³-hybridized carbons (Fsp3) is 0.312. The molecule has 1 saturated heterocycles. The maximum Gasteiger partial charge on any atom is 0.490 e. The fourth-order valence-electron chi connectivity index (χ4n) is 6.14. The minimum absolute atomic E-state index is 0.0577. The second-order valence-electron chi connectivity index (χ2n) is 11.4. The Balaban J connectivity index is 0.000000460. The molecule has 13 heteroatoms. The van der Waals surface area contributed by atoms with Gasteiger partial charge in [-0.05, 0) is 61.0 Å². The summed E-state index contributed by atoms with van der Waals surface area (Å²) in [5.74, 6) is -1.76. The summed E-state index contributed by atoms with van der Waals surface area (Å²) < 4.78 is 37.2. The van der Waals surface area contributed by atoms with Crippen molar-refractivity contribution in [3.8, 4) is 17.0 Å². The van der Waals surface area contributed by atoms with E-state index in [-0.39, 0.29) is 17.7 Å². The molecule has 4 aromatic rings. The zero-order valence-corrected chi connectivity index (χ0v) is 24.4. The van der Waals surface area contributed by atoms with Crippen LogP contribution in [-0.2, 0) is 15.0 Å². The highest BCUT2D eigenvalue weighted by Crippen LogP contribution is 2.65. The van der Waals surface area contributed by atoms with Gasteiger partial charge < -0.3 is 25.0 Å². The number of H-pyrrole nitrogens is 1. The number of carboxylic acids is 1. The lowest BCUT2D eigenvalue weighted by atomic mass is 9.91. The lowest BCUT2D eigenvalue weighted by Gasteiger charge is -2.32. The summed E-state index contributed by atoms with van der Waals surface area (Å²) in [5, 5.41) is 19.0. The first kappa shape index (κ1) is 30.1. The van der Waals surface area contributed by atoms with E-state index < -0.39 is 17.6 Å². The summed E-state index contributed by atoms with van der Waals surface area (Å²) in [6.45, 7) is 3.32. The van der Waals surface area contributed by atoms with Gasteiger partial charge in [-0.15, -0.1) is 0 Å². The van der Waals surface area contributed by atoms with Crippen molar-refractivity contribution in [1.29, 1.82) is 0 Å². The molecule has 3 aromatic carbocycles. The number of nitrogens with one attached hydrogen (secondary N) is 2. The molecule has 2 aliphatic heterocycles. The zero-order chi connectivity index (χ0) is 32.1. The Bertz CT molecular complexity index is 1800. The number of aromatic nitrogens is 2. The number of benzene rings is 3. The van der Waals surface area contributed by atoms with E-state index in [2.05, 4.69) is 45.7 Å². The number of likely N-dealkylation sites (N-methyl/N-ethyl adjacent to an activating group) is 1. The molecule has 10 nitrogen and oxygen atoms in total. The topological polar surface area (TPSA) is 128 Å². The Kier molecular flexibility index (Phi) is 7.51. The van der Waals surface area contributed by atoms with Crippen LogP contribution < -0.4 is 10.1 Å². The molecule has 2 atom stereocenters. The first-order valence-electron chi connectivity index (χ1n) is 14.3. The number of alkyl halides is 3. The number of ether oxygens (including phenoxy) is 1. The molecule has 1 spiro atoms. The maximum absolute atomic E-state index is 13.0. The van der Waals surface area contributed by atoms with Gasteiger partial charge in [-0.25, -0.2) is 4.79 Å². The molecule has 0 radical (unpaired) electrons. The van der Waals surface area contributed by atoms with E-state index >= 15 is 0 Å². The van der Waals surface area contributed by atoms with Crippen molar-refractivity contribution < 1.29 is 37.4 Å². The maximum atomic E-state index is 13.0. The van der Waals surface area contributed by atoms with Crippen LogP contribution in [0.2, 0.25) is 0 Å². The molecule has 0 bridgehead atoms. The van der Waals surface area contributed by atoms with Crippen LogP contribution in [-0.4, -0.2) is 89.4 Å². The standard InChI is InChI=1S/C30H29N5O3.C2HF3O2/c1-34-11-13-35(14-12-34)28(36)19-5-3-18(4-6-19)27-22-9-7-20(15-26(22)32-33-27)24-17-30(24)23-16-21(38-2)8-10-25(23)31-29(30)37;3-2(4,5)1(6)7/h3-10,15-16,24H,11-14,17H2,1-2H3,(H,31,37)(H,32,33);(H,6,7). The van der Waals surface area contributed by atoms with Crippen molar-refractivity contribution in [2.75, 3.05) is 45.7 Å². The van der Waals surface area contributed by atoms with Gasteiger partial charge in [0, 0.05) is 54.3 Å². The minimum atomic E-state index is -5.08. The molecule has 1 aromatic heterocycles. The molecule has 2 fully saturated rings. The molecular formula is C32H30F3N5O5. The van der Waals surface area contributed by atoms with Gasteiger partial charge in [0.2, 0.25) is 5.91 Å². The number of carbonyl (C=O) groups excluding carboxylic acids is 2. The molecule has 234 valence electrons. The summed E-state index contributed by atoms with van der Waals surface area (Å²) in [4.78, 5) is 39.0. The third kappa shape index (κ3) is 5.48. The van der Waals surface area contributed by atoms with Crippen LogP contribution in [0.25, 0.3) is 22.2 Å². The molecule has 3 N–H and O–H groups in total. The van der Waals surface area contributed by atoms with Crippen molar-refractivity contribution in [3.05, 3.63) is 77.4 Å². The monoisotopic (exact) mass is 621 g/mol. The van der Waals surface area contributed by atoms with Crippen molar-refractivity contribution in [3.63, 3.8) is 0 Å². The number of aromatic amines is 1. The number of nitrogens with zero attached hydrogens (tertiary/aromatic N) is 3. The van der Waals surface area contributed by atoms with Gasteiger partial charge in [-0.2, -0.15) is 18.3 Å². The Morgan fingerprint density at radius 3 is 2.36 bits per heavy atom. The molecular weight excluding hydrogens is 591 g/mol. The van der Waals surface area contributed by atoms with Gasteiger partial charge in [-0.1, -0.05) is 24.3 Å². The summed E-state index contributed by atoms with van der Waals surface area (Å²) >= 11 is 0. The second-order valence-corrected chi connectivity index (χ2v) is 11.4. The number of carbonyl (C=O) groups is 3. The van der Waals surface area contributed by atoms with E-state index in [1.807, 2.05) is 47.4 Å². The average Bonchev–Trinajstić information content (AvgIpc) is 3.55. The van der Waals surface area contributed by atoms with Gasteiger partial charge in [0.15, 0.2) is 0 Å². The Morgan fingerprint density at radius 2 is 1.71 bits per heavy atom. The van der Waals surface area contributed by atoms with Crippen molar-refractivity contribution in [1.82, 2.24) is 20.0 Å². The van der Waals surface area contributed by atoms with E-state index in [9.17, 15) is 22.8 Å². The highest BCUT2D eigenvalue weighted by atomic mass is 19.4. The highest BCUT2D eigenvalue weighted by molar-refractivity contribution is 6.10. The third-order valence-corrected chi connectivity index (χ3v) is 8.75. The number of aliphatic carboxylic acids is 1. The molecule has 3 heterocycles. The molecule has 2 amide bonds. The summed E-state index contributed by atoms with van der Waals surface area (Å²) in [6.07, 6.45) is -4.31. The van der Waals surface area contributed by atoms with Crippen LogP contribution in [0.1, 0.15) is 33.8 Å². The average molecular weight is 622 g/mol. The second kappa shape index (κ2) is 11.2. The number of hydrogen-bond acceptors (Lipinski definition) is 6. The van der Waals surface area contributed by atoms with Crippen LogP contribution in [0, 0.1) is 0 Å². The van der Waals surface area contributed by atoms with E-state index in [0.717, 1.165) is 77.3 Å². The largest absolute Gasteiger partial charge is 0.497 e. The summed E-state index contributed by atoms with van der Waals surface area (Å²) in [6, 6.07) is 19.8. The Morgan fingerprint density at radius 1 is 1.02 bits per heavy atom. The van der Waals surface area contributed by atoms with E-state index in [1.54, 1.807) is 7.11 Å². The first-order valence-corrected chi connectivity index (χ1v) is 14.3. The summed E-state index contributed by atoms with van der Waals surface area (Å²) in [7, 11) is 3.73. The Hall–Kier alpha value is -4.91. The number of fused-ring (bicyclic) bond motifs is 3. The normalized spacial score (nSPS) is 20.8. The third-order valence-electron chi connectivity index (χ3n) is 8.75. The molecule has 1 saturated carbocycles. The number of hydrogen-bond donors (Lipinski definition) is 3. The lowest BCUT2D eigenvalue weighted by Crippen LogP contribution is -2.47. The van der Waals surface area contributed by atoms with E-state index in [0.29, 0.717) is 5.56 Å². The molecule has 7 rings (SSSR count). The van der Waals surface area contributed by atoms with Gasteiger partial charge in [0.25, 0.3) is 5.91 Å². The zero-order valence-electron chi connectivity index (χ0n) is 24.4. The minimum Gasteiger partial charge on any atom is -0.497 e. The Labute approximate surface area is 255 Å². The molecule has 2 unspecified atom stereocenters. The van der Waals surface area contributed by atoms with Gasteiger partial charge >= 0.3 is 12.1 Å². The van der Waals surface area contributed by atoms with Crippen LogP contribution in [0.15, 0.2) is 60.7 Å². The number of carboxylic acid groups (broad SMARTS) is 1. The van der Waals surface area contributed by atoms with E-state index in [1.165, 1.54) is 0 Å². The number of halogens is 3. The molecule has 45 heavy (non-hydrogen) atoms. The highest BCUT2D eigenvalue weighted by Gasteiger charge is 2.65. The van der Waals surface area contributed by atoms with Crippen molar-refractivity contribution in [2.45, 2.75) is 23.9 Å². The van der Waals surface area contributed by atoms with Gasteiger partial charge in [0.05, 0.1) is 23.7 Å². The number of methoxy groups -OCH3 is 1. The predicted octanol–water partition coefficient (Wildman–Crippen LogP) is 4.64. The SMILES string of the molecule is COc1ccc2c(c1)C1(CC1c1ccc3c(-c4ccc(C(=O)N5CCN(C)CC5)cc4)n[nH]c3c1)C(=O)N2.O=C(O)C(F)(F)F. The van der Waals surface area contributed by atoms with Gasteiger partial charge in [0.1, 0.15) is 5.75 Å². The number of anilines is 1.